The summed E-state index contributed by atoms with van der Waals surface area (Å²) in [6.45, 7) is 5.92. The highest BCUT2D eigenvalue weighted by Gasteiger charge is 2.13. The first kappa shape index (κ1) is 14.5. The van der Waals surface area contributed by atoms with Crippen LogP contribution in [0.3, 0.4) is 0 Å². The van der Waals surface area contributed by atoms with Crippen LogP contribution < -0.4 is 5.32 Å². The summed E-state index contributed by atoms with van der Waals surface area (Å²) in [6, 6.07) is 11.7. The van der Waals surface area contributed by atoms with Gasteiger partial charge >= 0.3 is 0 Å². The fourth-order valence-electron chi connectivity index (χ4n) is 2.22. The third-order valence-electron chi connectivity index (χ3n) is 3.12. The molecule has 1 heterocycles. The highest BCUT2D eigenvalue weighted by molar-refractivity contribution is 5.29. The molecule has 0 saturated carbocycles. The number of aliphatic hydroxyl groups is 1. The second-order valence-electron chi connectivity index (χ2n) is 5.18. The minimum absolute atomic E-state index is 0.0893. The fraction of sp³-hybridized carbons (Fsp3) is 0.375. The second-order valence-corrected chi connectivity index (χ2v) is 5.18. The molecule has 0 aliphatic rings. The van der Waals surface area contributed by atoms with Crippen LogP contribution in [0.4, 0.5) is 5.95 Å². The van der Waals surface area contributed by atoms with Crippen LogP contribution in [0.2, 0.25) is 0 Å². The van der Waals surface area contributed by atoms with E-state index < -0.39 is 6.10 Å². The van der Waals surface area contributed by atoms with E-state index in [1.165, 1.54) is 0 Å². The normalized spacial score (nSPS) is 13.8. The van der Waals surface area contributed by atoms with Gasteiger partial charge in [-0.1, -0.05) is 30.3 Å². The minimum atomic E-state index is -0.482. The Labute approximate surface area is 119 Å². The van der Waals surface area contributed by atoms with Crippen molar-refractivity contribution in [1.82, 2.24) is 9.97 Å². The molecule has 2 rings (SSSR count). The standard InChI is InChI=1S/C16H21N3O/c1-11-9-12(2)18-16(17-11)19-13(3)10-15(20)14-7-5-4-6-8-14/h4-9,13,15,20H,10H2,1-3H3,(H,17,18,19)/t13-,15-/m1/s1. The molecule has 106 valence electrons. The van der Waals surface area contributed by atoms with Gasteiger partial charge < -0.3 is 10.4 Å². The number of aromatic nitrogens is 2. The predicted octanol–water partition coefficient (Wildman–Crippen LogP) is 3.02. The van der Waals surface area contributed by atoms with Gasteiger partial charge in [0.2, 0.25) is 5.95 Å². The molecule has 0 amide bonds. The molecule has 1 aromatic carbocycles. The quantitative estimate of drug-likeness (QED) is 0.877. The number of anilines is 1. The lowest BCUT2D eigenvalue weighted by molar-refractivity contribution is 0.162. The largest absolute Gasteiger partial charge is 0.388 e. The number of rotatable bonds is 5. The highest BCUT2D eigenvalue weighted by atomic mass is 16.3. The van der Waals surface area contributed by atoms with E-state index >= 15 is 0 Å². The average Bonchev–Trinajstić information content (AvgIpc) is 2.38. The maximum absolute atomic E-state index is 10.2. The predicted molar refractivity (Wildman–Crippen MR) is 80.6 cm³/mol. The van der Waals surface area contributed by atoms with Crippen molar-refractivity contribution >= 4 is 5.95 Å². The molecule has 0 aliphatic heterocycles. The summed E-state index contributed by atoms with van der Waals surface area (Å²) in [4.78, 5) is 8.70. The van der Waals surface area contributed by atoms with Crippen LogP contribution >= 0.6 is 0 Å². The van der Waals surface area contributed by atoms with Crippen molar-refractivity contribution in [2.24, 2.45) is 0 Å². The first-order valence-electron chi connectivity index (χ1n) is 6.86. The fourth-order valence-corrected chi connectivity index (χ4v) is 2.22. The van der Waals surface area contributed by atoms with Gasteiger partial charge in [0.15, 0.2) is 0 Å². The Morgan fingerprint density at radius 1 is 1.10 bits per heavy atom. The van der Waals surface area contributed by atoms with Crippen LogP contribution in [-0.4, -0.2) is 21.1 Å². The van der Waals surface area contributed by atoms with E-state index in [0.29, 0.717) is 12.4 Å². The Bertz CT molecular complexity index is 537. The molecule has 2 atom stereocenters. The summed E-state index contributed by atoms with van der Waals surface area (Å²) in [7, 11) is 0. The molecule has 4 nitrogen and oxygen atoms in total. The molecule has 4 heteroatoms. The summed E-state index contributed by atoms with van der Waals surface area (Å²) >= 11 is 0. The van der Waals surface area contributed by atoms with Gasteiger partial charge in [0.1, 0.15) is 0 Å². The van der Waals surface area contributed by atoms with E-state index in [-0.39, 0.29) is 6.04 Å². The van der Waals surface area contributed by atoms with Crippen LogP contribution in [0, 0.1) is 13.8 Å². The van der Waals surface area contributed by atoms with Gasteiger partial charge in [-0.25, -0.2) is 9.97 Å². The van der Waals surface area contributed by atoms with Gasteiger partial charge in [0, 0.05) is 17.4 Å². The maximum Gasteiger partial charge on any atom is 0.223 e. The summed E-state index contributed by atoms with van der Waals surface area (Å²) in [6.07, 6.45) is 0.130. The van der Waals surface area contributed by atoms with E-state index in [2.05, 4.69) is 15.3 Å². The Hall–Kier alpha value is -1.94. The number of hydrogen-bond donors (Lipinski definition) is 2. The molecule has 0 radical (unpaired) electrons. The first-order valence-corrected chi connectivity index (χ1v) is 6.86. The van der Waals surface area contributed by atoms with Gasteiger partial charge in [-0.2, -0.15) is 0 Å². The van der Waals surface area contributed by atoms with Crippen molar-refractivity contribution in [2.45, 2.75) is 39.3 Å². The number of benzene rings is 1. The molecule has 0 aliphatic carbocycles. The molecule has 0 bridgehead atoms. The summed E-state index contributed by atoms with van der Waals surface area (Å²) in [5.41, 5.74) is 2.81. The SMILES string of the molecule is Cc1cc(C)nc(N[C@H](C)C[C@@H](O)c2ccccc2)n1. The molecule has 20 heavy (non-hydrogen) atoms. The Kier molecular flexibility index (Phi) is 4.69. The molecule has 2 N–H and O–H groups in total. The molecule has 0 fully saturated rings. The van der Waals surface area contributed by atoms with E-state index in [9.17, 15) is 5.11 Å². The molecule has 0 spiro atoms. The van der Waals surface area contributed by atoms with Crippen molar-refractivity contribution in [2.75, 3.05) is 5.32 Å². The lowest BCUT2D eigenvalue weighted by Gasteiger charge is -2.18. The van der Waals surface area contributed by atoms with Crippen LogP contribution in [0.5, 0.6) is 0 Å². The second kappa shape index (κ2) is 6.48. The number of nitrogens with zero attached hydrogens (tertiary/aromatic N) is 2. The monoisotopic (exact) mass is 271 g/mol. The zero-order valence-corrected chi connectivity index (χ0v) is 12.2. The van der Waals surface area contributed by atoms with Gasteiger partial charge in [0.05, 0.1) is 6.10 Å². The van der Waals surface area contributed by atoms with Crippen LogP contribution in [-0.2, 0) is 0 Å². The first-order chi connectivity index (χ1) is 9.54. The van der Waals surface area contributed by atoms with Gasteiger partial charge in [-0.3, -0.25) is 0 Å². The third-order valence-corrected chi connectivity index (χ3v) is 3.12. The molecule has 2 aromatic rings. The van der Waals surface area contributed by atoms with Crippen molar-refractivity contribution < 1.29 is 5.11 Å². The smallest absolute Gasteiger partial charge is 0.223 e. The van der Waals surface area contributed by atoms with Crippen LogP contribution in [0.1, 0.15) is 36.4 Å². The average molecular weight is 271 g/mol. The summed E-state index contributed by atoms with van der Waals surface area (Å²) < 4.78 is 0. The Balaban J connectivity index is 1.97. The molecular formula is C16H21N3O. The molecule has 1 aromatic heterocycles. The number of nitrogens with one attached hydrogen (secondary N) is 1. The van der Waals surface area contributed by atoms with E-state index in [1.54, 1.807) is 0 Å². The van der Waals surface area contributed by atoms with Gasteiger partial charge in [-0.05, 0) is 38.8 Å². The van der Waals surface area contributed by atoms with Crippen molar-refractivity contribution in [1.29, 1.82) is 0 Å². The zero-order chi connectivity index (χ0) is 14.5. The summed E-state index contributed by atoms with van der Waals surface area (Å²) in [5.74, 6) is 0.621. The van der Waals surface area contributed by atoms with E-state index in [4.69, 9.17) is 0 Å². The van der Waals surface area contributed by atoms with Crippen LogP contribution in [0.15, 0.2) is 36.4 Å². The number of hydrogen-bond acceptors (Lipinski definition) is 4. The van der Waals surface area contributed by atoms with E-state index in [0.717, 1.165) is 17.0 Å². The Morgan fingerprint density at radius 3 is 2.30 bits per heavy atom. The van der Waals surface area contributed by atoms with Gasteiger partial charge in [0.25, 0.3) is 0 Å². The van der Waals surface area contributed by atoms with Crippen molar-refractivity contribution in [3.8, 4) is 0 Å². The summed E-state index contributed by atoms with van der Waals surface area (Å²) in [5, 5.41) is 13.4. The highest BCUT2D eigenvalue weighted by Crippen LogP contribution is 2.19. The zero-order valence-electron chi connectivity index (χ0n) is 12.2. The van der Waals surface area contributed by atoms with Crippen molar-refractivity contribution in [3.05, 3.63) is 53.3 Å². The van der Waals surface area contributed by atoms with Crippen molar-refractivity contribution in [3.63, 3.8) is 0 Å². The lowest BCUT2D eigenvalue weighted by Crippen LogP contribution is -2.20. The third kappa shape index (κ3) is 4.03. The van der Waals surface area contributed by atoms with Gasteiger partial charge in [-0.15, -0.1) is 0 Å². The molecule has 0 unspecified atom stereocenters. The number of aliphatic hydroxyl groups excluding tert-OH is 1. The minimum Gasteiger partial charge on any atom is -0.388 e. The molecule has 0 saturated heterocycles. The number of aryl methyl sites for hydroxylation is 2. The van der Waals surface area contributed by atoms with E-state index in [1.807, 2.05) is 57.2 Å². The molecular weight excluding hydrogens is 250 g/mol. The van der Waals surface area contributed by atoms with Crippen LogP contribution in [0.25, 0.3) is 0 Å². The topological polar surface area (TPSA) is 58.0 Å². The Morgan fingerprint density at radius 2 is 1.70 bits per heavy atom. The maximum atomic E-state index is 10.2. The lowest BCUT2D eigenvalue weighted by atomic mass is 10.0.